The van der Waals surface area contributed by atoms with Crippen LogP contribution in [-0.2, 0) is 0 Å². The zero-order valence-corrected chi connectivity index (χ0v) is 16.4. The Kier molecular flexibility index (Phi) is 7.14. The quantitative estimate of drug-likeness (QED) is 0.501. The lowest BCUT2D eigenvalue weighted by Crippen LogP contribution is -2.27. The van der Waals surface area contributed by atoms with E-state index in [1.54, 1.807) is 6.92 Å². The number of hydrogen-bond acceptors (Lipinski definition) is 2. The van der Waals surface area contributed by atoms with Gasteiger partial charge in [-0.05, 0) is 94.1 Å². The molecule has 0 spiro atoms. The van der Waals surface area contributed by atoms with Crippen LogP contribution in [0.2, 0.25) is 0 Å². The normalized spacial score (nSPS) is 28.6. The minimum absolute atomic E-state index is 0.0131. The molecule has 0 amide bonds. The molecule has 2 nitrogen and oxygen atoms in total. The van der Waals surface area contributed by atoms with E-state index in [1.807, 2.05) is 0 Å². The van der Waals surface area contributed by atoms with E-state index in [0.717, 1.165) is 30.6 Å². The Labute approximate surface area is 161 Å². The van der Waals surface area contributed by atoms with Gasteiger partial charge in [0, 0.05) is 0 Å². The molecule has 0 heterocycles. The van der Waals surface area contributed by atoms with Gasteiger partial charge in [-0.2, -0.15) is 8.78 Å². The molecule has 0 bridgehead atoms. The van der Waals surface area contributed by atoms with E-state index < -0.39 is 11.6 Å². The first kappa shape index (κ1) is 20.2. The average molecular weight is 379 g/mol. The van der Waals surface area contributed by atoms with Crippen LogP contribution in [0.5, 0.6) is 11.5 Å². The van der Waals surface area contributed by atoms with Crippen molar-refractivity contribution in [2.75, 3.05) is 13.2 Å². The Balaban J connectivity index is 1.45. The highest BCUT2D eigenvalue weighted by atomic mass is 19.2. The van der Waals surface area contributed by atoms with Crippen LogP contribution in [-0.4, -0.2) is 13.2 Å². The van der Waals surface area contributed by atoms with Gasteiger partial charge in [0.15, 0.2) is 11.5 Å². The van der Waals surface area contributed by atoms with Crippen LogP contribution in [0.3, 0.4) is 0 Å². The molecule has 1 aromatic carbocycles. The molecule has 1 aromatic rings. The summed E-state index contributed by atoms with van der Waals surface area (Å²) in [4.78, 5) is 0. The van der Waals surface area contributed by atoms with Crippen molar-refractivity contribution in [3.63, 3.8) is 0 Å². The second-order valence-corrected chi connectivity index (χ2v) is 8.13. The Morgan fingerprint density at radius 1 is 0.889 bits per heavy atom. The summed E-state index contributed by atoms with van der Waals surface area (Å²) in [6, 6.07) is 2.90. The van der Waals surface area contributed by atoms with E-state index in [9.17, 15) is 8.78 Å². The predicted octanol–water partition coefficient (Wildman–Crippen LogP) is 6.54. The van der Waals surface area contributed by atoms with Gasteiger partial charge in [0.05, 0.1) is 13.2 Å². The van der Waals surface area contributed by atoms with Gasteiger partial charge in [0.25, 0.3) is 0 Å². The fourth-order valence-corrected chi connectivity index (χ4v) is 4.78. The topological polar surface area (TPSA) is 18.5 Å². The molecule has 2 aliphatic rings. The van der Waals surface area contributed by atoms with Gasteiger partial charge in [-0.15, -0.1) is 6.58 Å². The van der Waals surface area contributed by atoms with Crippen LogP contribution >= 0.6 is 0 Å². The number of allylic oxidation sites excluding steroid dienone is 1. The summed E-state index contributed by atoms with van der Waals surface area (Å²) in [5.41, 5.74) is 0. The molecule has 2 aliphatic carbocycles. The van der Waals surface area contributed by atoms with E-state index >= 15 is 0 Å². The molecule has 0 aromatic heterocycles. The molecular weight excluding hydrogens is 346 g/mol. The second kappa shape index (κ2) is 9.57. The van der Waals surface area contributed by atoms with Gasteiger partial charge < -0.3 is 9.47 Å². The second-order valence-electron chi connectivity index (χ2n) is 8.13. The molecule has 150 valence electrons. The third-order valence-electron chi connectivity index (χ3n) is 6.49. The molecule has 0 unspecified atom stereocenters. The maximum Gasteiger partial charge on any atom is 0.204 e. The number of halogens is 2. The largest absolute Gasteiger partial charge is 0.491 e. The Morgan fingerprint density at radius 2 is 1.41 bits per heavy atom. The van der Waals surface area contributed by atoms with Crippen molar-refractivity contribution in [1.82, 2.24) is 0 Å². The molecular formula is C23H32F2O2. The molecule has 0 N–H and O–H groups in total. The van der Waals surface area contributed by atoms with E-state index in [0.29, 0.717) is 19.1 Å². The van der Waals surface area contributed by atoms with E-state index in [4.69, 9.17) is 9.47 Å². The maximum atomic E-state index is 14.1. The number of rotatable bonds is 7. The third kappa shape index (κ3) is 5.03. The Bertz CT molecular complexity index is 615. The van der Waals surface area contributed by atoms with Crippen LogP contribution in [0.4, 0.5) is 8.78 Å². The van der Waals surface area contributed by atoms with Crippen molar-refractivity contribution in [3.05, 3.63) is 36.4 Å². The highest BCUT2D eigenvalue weighted by molar-refractivity contribution is 5.35. The summed E-state index contributed by atoms with van der Waals surface area (Å²) in [6.07, 6.45) is 12.1. The van der Waals surface area contributed by atoms with Crippen LogP contribution in [0.1, 0.15) is 58.3 Å². The van der Waals surface area contributed by atoms with Crippen molar-refractivity contribution < 1.29 is 18.3 Å². The van der Waals surface area contributed by atoms with Gasteiger partial charge in [0.2, 0.25) is 11.6 Å². The molecule has 3 rings (SSSR count). The van der Waals surface area contributed by atoms with Crippen LogP contribution < -0.4 is 9.47 Å². The fourth-order valence-electron chi connectivity index (χ4n) is 4.78. The van der Waals surface area contributed by atoms with E-state index in [2.05, 4.69) is 12.7 Å². The lowest BCUT2D eigenvalue weighted by atomic mass is 9.69. The number of ether oxygens (including phenoxy) is 2. The van der Waals surface area contributed by atoms with Crippen LogP contribution in [0.25, 0.3) is 0 Å². The van der Waals surface area contributed by atoms with Crippen molar-refractivity contribution in [3.8, 4) is 11.5 Å². The standard InChI is InChI=1S/C23H32F2O2/c1-3-16-5-9-18(10-6-16)19-11-7-17(8-12-19)15-27-21-14-13-20(26-4-2)22(24)23(21)25/h3,13-14,16-19H,1,4-12,15H2,2H3/t16-,17-,18-,19-. The molecule has 2 fully saturated rings. The average Bonchev–Trinajstić information content (AvgIpc) is 2.71. The molecule has 0 aliphatic heterocycles. The highest BCUT2D eigenvalue weighted by Crippen LogP contribution is 2.41. The Morgan fingerprint density at radius 3 is 1.93 bits per heavy atom. The zero-order valence-electron chi connectivity index (χ0n) is 16.4. The zero-order chi connectivity index (χ0) is 19.2. The summed E-state index contributed by atoms with van der Waals surface area (Å²) in [5, 5.41) is 0. The fraction of sp³-hybridized carbons (Fsp3) is 0.652. The molecule has 27 heavy (non-hydrogen) atoms. The van der Waals surface area contributed by atoms with Crippen LogP contribution in [0, 0.1) is 35.3 Å². The summed E-state index contributed by atoms with van der Waals surface area (Å²) in [7, 11) is 0. The number of benzene rings is 1. The Hall–Kier alpha value is -1.58. The predicted molar refractivity (Wildman–Crippen MR) is 104 cm³/mol. The summed E-state index contributed by atoms with van der Waals surface area (Å²) < 4.78 is 38.7. The van der Waals surface area contributed by atoms with Crippen molar-refractivity contribution in [2.45, 2.75) is 58.3 Å². The summed E-state index contributed by atoms with van der Waals surface area (Å²) in [5.74, 6) is 0.847. The lowest BCUT2D eigenvalue weighted by Gasteiger charge is -2.37. The molecule has 0 radical (unpaired) electrons. The van der Waals surface area contributed by atoms with Crippen LogP contribution in [0.15, 0.2) is 24.8 Å². The number of hydrogen-bond donors (Lipinski definition) is 0. The van der Waals surface area contributed by atoms with Crippen molar-refractivity contribution in [2.24, 2.45) is 23.7 Å². The van der Waals surface area contributed by atoms with E-state index in [-0.39, 0.29) is 11.5 Å². The monoisotopic (exact) mass is 378 g/mol. The third-order valence-corrected chi connectivity index (χ3v) is 6.49. The van der Waals surface area contributed by atoms with Crippen molar-refractivity contribution in [1.29, 1.82) is 0 Å². The van der Waals surface area contributed by atoms with Gasteiger partial charge in [-0.25, -0.2) is 0 Å². The summed E-state index contributed by atoms with van der Waals surface area (Å²) in [6.45, 7) is 6.43. The van der Waals surface area contributed by atoms with Crippen molar-refractivity contribution >= 4 is 0 Å². The summed E-state index contributed by atoms with van der Waals surface area (Å²) >= 11 is 0. The highest BCUT2D eigenvalue weighted by Gasteiger charge is 2.30. The smallest absolute Gasteiger partial charge is 0.204 e. The minimum Gasteiger partial charge on any atom is -0.491 e. The van der Waals surface area contributed by atoms with Gasteiger partial charge in [0.1, 0.15) is 0 Å². The maximum absolute atomic E-state index is 14.1. The molecule has 0 saturated heterocycles. The van der Waals surface area contributed by atoms with Gasteiger partial charge in [-0.3, -0.25) is 0 Å². The molecule has 2 saturated carbocycles. The SMILES string of the molecule is C=C[C@H]1CC[C@H]([C@H]2CC[C@H](COc3ccc(OCC)c(F)c3F)CC2)CC1. The van der Waals surface area contributed by atoms with E-state index in [1.165, 1.54) is 50.7 Å². The molecule has 0 atom stereocenters. The first-order chi connectivity index (χ1) is 13.1. The lowest BCUT2D eigenvalue weighted by molar-refractivity contribution is 0.127. The first-order valence-electron chi connectivity index (χ1n) is 10.5. The molecule has 4 heteroatoms. The first-order valence-corrected chi connectivity index (χ1v) is 10.5. The van der Waals surface area contributed by atoms with Gasteiger partial charge in [-0.1, -0.05) is 6.08 Å². The minimum atomic E-state index is -0.965. The van der Waals surface area contributed by atoms with Gasteiger partial charge >= 0.3 is 0 Å².